The van der Waals surface area contributed by atoms with Crippen molar-refractivity contribution in [2.45, 2.75) is 26.8 Å². The number of nitrogens with one attached hydrogen (secondary N) is 1. The highest BCUT2D eigenvalue weighted by molar-refractivity contribution is 6.30. The molecular weight excluding hydrogens is 289 g/mol. The van der Waals surface area contributed by atoms with Gasteiger partial charge in [-0.25, -0.2) is 4.39 Å². The lowest BCUT2D eigenvalue weighted by atomic mass is 10.1. The minimum absolute atomic E-state index is 0.0607. The van der Waals surface area contributed by atoms with Crippen LogP contribution in [0.3, 0.4) is 0 Å². The summed E-state index contributed by atoms with van der Waals surface area (Å²) in [5, 5.41) is 3.41. The van der Waals surface area contributed by atoms with E-state index in [1.165, 1.54) is 11.6 Å². The zero-order valence-electron chi connectivity index (χ0n) is 12.2. The zero-order chi connectivity index (χ0) is 15.2. The van der Waals surface area contributed by atoms with Crippen LogP contribution in [-0.2, 0) is 6.54 Å². The van der Waals surface area contributed by atoms with Crippen molar-refractivity contribution in [1.82, 2.24) is 5.32 Å². The highest BCUT2D eigenvalue weighted by Gasteiger charge is 2.10. The molecule has 0 bridgehead atoms. The first-order valence-corrected chi connectivity index (χ1v) is 7.41. The van der Waals surface area contributed by atoms with E-state index in [2.05, 4.69) is 12.2 Å². The van der Waals surface area contributed by atoms with Gasteiger partial charge in [0.25, 0.3) is 0 Å². The summed E-state index contributed by atoms with van der Waals surface area (Å²) in [6.07, 6.45) is 1.11. The van der Waals surface area contributed by atoms with Gasteiger partial charge < -0.3 is 10.1 Å². The predicted octanol–water partition coefficient (Wildman–Crippen LogP) is 5.08. The largest absolute Gasteiger partial charge is 0.454 e. The molecule has 1 N–H and O–H groups in total. The van der Waals surface area contributed by atoms with Gasteiger partial charge >= 0.3 is 0 Å². The quantitative estimate of drug-likeness (QED) is 0.751. The van der Waals surface area contributed by atoms with Gasteiger partial charge in [0.05, 0.1) is 5.02 Å². The molecule has 2 rings (SSSR count). The molecule has 0 saturated heterocycles. The fourth-order valence-electron chi connectivity index (χ4n) is 2.03. The molecule has 0 atom stereocenters. The van der Waals surface area contributed by atoms with Crippen LogP contribution in [0.25, 0.3) is 0 Å². The molecule has 4 heteroatoms. The first-order chi connectivity index (χ1) is 10.1. The number of ether oxygens (including phenoxy) is 1. The molecular formula is C17H19ClFNO. The van der Waals surface area contributed by atoms with Crippen molar-refractivity contribution in [3.8, 4) is 11.5 Å². The Morgan fingerprint density at radius 1 is 1.19 bits per heavy atom. The Labute approximate surface area is 129 Å². The number of rotatable bonds is 6. The Hall–Kier alpha value is -1.58. The molecule has 0 radical (unpaired) electrons. The van der Waals surface area contributed by atoms with Gasteiger partial charge in [0.2, 0.25) is 0 Å². The van der Waals surface area contributed by atoms with Crippen LogP contribution in [0.4, 0.5) is 4.39 Å². The van der Waals surface area contributed by atoms with Gasteiger partial charge in [-0.2, -0.15) is 0 Å². The summed E-state index contributed by atoms with van der Waals surface area (Å²) >= 11 is 5.75. The van der Waals surface area contributed by atoms with E-state index in [1.54, 1.807) is 12.1 Å². The van der Waals surface area contributed by atoms with Gasteiger partial charge in [-0.05, 0) is 49.2 Å². The summed E-state index contributed by atoms with van der Waals surface area (Å²) in [7, 11) is 0. The summed E-state index contributed by atoms with van der Waals surface area (Å²) in [6, 6.07) is 10.6. The minimum atomic E-state index is -0.535. The fraction of sp³-hybridized carbons (Fsp3) is 0.294. The second kappa shape index (κ2) is 7.43. The molecule has 0 heterocycles. The number of hydrogen-bond acceptors (Lipinski definition) is 2. The van der Waals surface area contributed by atoms with E-state index in [-0.39, 0.29) is 10.8 Å². The van der Waals surface area contributed by atoms with Gasteiger partial charge in [-0.15, -0.1) is 0 Å². The molecule has 0 unspecified atom stereocenters. The molecule has 2 aromatic carbocycles. The first-order valence-electron chi connectivity index (χ1n) is 7.04. The van der Waals surface area contributed by atoms with Crippen LogP contribution in [0, 0.1) is 12.7 Å². The zero-order valence-corrected chi connectivity index (χ0v) is 13.0. The van der Waals surface area contributed by atoms with Crippen LogP contribution in [-0.4, -0.2) is 6.54 Å². The average molecular weight is 308 g/mol. The summed E-state index contributed by atoms with van der Waals surface area (Å²) in [5.41, 5.74) is 2.14. The first kappa shape index (κ1) is 15.8. The molecule has 0 spiro atoms. The highest BCUT2D eigenvalue weighted by Crippen LogP contribution is 2.30. The lowest BCUT2D eigenvalue weighted by molar-refractivity contribution is 0.439. The Morgan fingerprint density at radius 3 is 2.71 bits per heavy atom. The monoisotopic (exact) mass is 307 g/mol. The van der Waals surface area contributed by atoms with Crippen molar-refractivity contribution in [1.29, 1.82) is 0 Å². The smallest absolute Gasteiger partial charge is 0.184 e. The summed E-state index contributed by atoms with van der Waals surface area (Å²) in [4.78, 5) is 0. The second-order valence-corrected chi connectivity index (χ2v) is 5.34. The maximum absolute atomic E-state index is 13.8. The highest BCUT2D eigenvalue weighted by atomic mass is 35.5. The SMILES string of the molecule is CCCNCc1ccc(Oc2cccc(Cl)c2F)c(C)c1. The maximum atomic E-state index is 13.8. The lowest BCUT2D eigenvalue weighted by Gasteiger charge is -2.12. The molecule has 0 aromatic heterocycles. The molecule has 0 saturated carbocycles. The van der Waals surface area contributed by atoms with E-state index in [0.29, 0.717) is 5.75 Å². The molecule has 2 aromatic rings. The lowest BCUT2D eigenvalue weighted by Crippen LogP contribution is -2.13. The topological polar surface area (TPSA) is 21.3 Å². The van der Waals surface area contributed by atoms with Crippen LogP contribution in [0.2, 0.25) is 5.02 Å². The van der Waals surface area contributed by atoms with Crippen molar-refractivity contribution in [2.24, 2.45) is 0 Å². The Bertz CT molecular complexity index is 616. The van der Waals surface area contributed by atoms with Gasteiger partial charge in [-0.3, -0.25) is 0 Å². The fourth-order valence-corrected chi connectivity index (χ4v) is 2.19. The van der Waals surface area contributed by atoms with E-state index in [1.807, 2.05) is 25.1 Å². The van der Waals surface area contributed by atoms with E-state index in [4.69, 9.17) is 16.3 Å². The van der Waals surface area contributed by atoms with Crippen LogP contribution in [0.1, 0.15) is 24.5 Å². The van der Waals surface area contributed by atoms with Crippen molar-refractivity contribution in [3.05, 3.63) is 58.4 Å². The van der Waals surface area contributed by atoms with E-state index in [9.17, 15) is 4.39 Å². The molecule has 0 aliphatic carbocycles. The van der Waals surface area contributed by atoms with Crippen molar-refractivity contribution in [2.75, 3.05) is 6.54 Å². The van der Waals surface area contributed by atoms with Gasteiger partial charge in [0.15, 0.2) is 11.6 Å². The Morgan fingerprint density at radius 2 is 2.00 bits per heavy atom. The van der Waals surface area contributed by atoms with Crippen LogP contribution < -0.4 is 10.1 Å². The number of aryl methyl sites for hydroxylation is 1. The van der Waals surface area contributed by atoms with Crippen molar-refractivity contribution < 1.29 is 9.13 Å². The van der Waals surface area contributed by atoms with Gasteiger partial charge in [0, 0.05) is 6.54 Å². The summed E-state index contributed by atoms with van der Waals surface area (Å²) in [5.74, 6) is 0.241. The second-order valence-electron chi connectivity index (χ2n) is 4.93. The third-order valence-electron chi connectivity index (χ3n) is 3.13. The molecule has 21 heavy (non-hydrogen) atoms. The average Bonchev–Trinajstić information content (AvgIpc) is 2.47. The third-order valence-corrected chi connectivity index (χ3v) is 3.42. The van der Waals surface area contributed by atoms with Crippen LogP contribution in [0.15, 0.2) is 36.4 Å². The number of hydrogen-bond donors (Lipinski definition) is 1. The van der Waals surface area contributed by atoms with Crippen LogP contribution in [0.5, 0.6) is 11.5 Å². The molecule has 0 aliphatic heterocycles. The minimum Gasteiger partial charge on any atom is -0.454 e. The molecule has 112 valence electrons. The molecule has 0 aliphatic rings. The standard InChI is InChI=1S/C17H19ClFNO/c1-3-9-20-11-13-7-8-15(12(2)10-13)21-16-6-4-5-14(18)17(16)19/h4-8,10,20H,3,9,11H2,1-2H3. The van der Waals surface area contributed by atoms with E-state index in [0.717, 1.165) is 25.1 Å². The normalized spacial score (nSPS) is 10.7. The molecule has 0 amide bonds. The van der Waals surface area contributed by atoms with E-state index < -0.39 is 5.82 Å². The van der Waals surface area contributed by atoms with Crippen molar-refractivity contribution in [3.63, 3.8) is 0 Å². The summed E-state index contributed by atoms with van der Waals surface area (Å²) < 4.78 is 19.5. The van der Waals surface area contributed by atoms with Crippen molar-refractivity contribution >= 4 is 11.6 Å². The molecule has 0 fully saturated rings. The Kier molecular flexibility index (Phi) is 5.59. The maximum Gasteiger partial charge on any atom is 0.184 e. The van der Waals surface area contributed by atoms with Gasteiger partial charge in [-0.1, -0.05) is 36.7 Å². The van der Waals surface area contributed by atoms with Crippen LogP contribution >= 0.6 is 11.6 Å². The van der Waals surface area contributed by atoms with E-state index >= 15 is 0 Å². The number of benzene rings is 2. The number of halogens is 2. The summed E-state index contributed by atoms with van der Waals surface area (Å²) in [6.45, 7) is 5.89. The Balaban J connectivity index is 2.12. The molecule has 2 nitrogen and oxygen atoms in total. The van der Waals surface area contributed by atoms with Gasteiger partial charge in [0.1, 0.15) is 5.75 Å². The third kappa shape index (κ3) is 4.19. The predicted molar refractivity (Wildman–Crippen MR) is 84.7 cm³/mol.